The predicted octanol–water partition coefficient (Wildman–Crippen LogP) is 5.39. The lowest BCUT2D eigenvalue weighted by Crippen LogP contribution is -2.47. The highest BCUT2D eigenvalue weighted by Gasteiger charge is 2.43. The number of hydrogen-bond acceptors (Lipinski definition) is 7. The number of ether oxygens (including phenoxy) is 5. The molecule has 1 aliphatic heterocycles. The number of rotatable bonds is 18. The van der Waals surface area contributed by atoms with Crippen LogP contribution < -0.4 is 4.74 Å². The maximum absolute atomic E-state index is 15.8. The summed E-state index contributed by atoms with van der Waals surface area (Å²) in [6.45, 7) is 6.69. The van der Waals surface area contributed by atoms with Crippen molar-refractivity contribution in [2.24, 2.45) is 0 Å². The average molecular weight is 622 g/mol. The van der Waals surface area contributed by atoms with Crippen LogP contribution in [0.15, 0.2) is 42.0 Å². The number of carboxylic acid groups (broad SMARTS) is 1. The van der Waals surface area contributed by atoms with Gasteiger partial charge in [-0.15, -0.1) is 0 Å². The summed E-state index contributed by atoms with van der Waals surface area (Å²) in [4.78, 5) is 12.2. The highest BCUT2D eigenvalue weighted by molar-refractivity contribution is 5.79. The van der Waals surface area contributed by atoms with Crippen LogP contribution in [0.3, 0.4) is 0 Å². The molecule has 242 valence electrons. The van der Waals surface area contributed by atoms with Crippen LogP contribution in [0.5, 0.6) is 5.75 Å². The van der Waals surface area contributed by atoms with E-state index < -0.39 is 29.3 Å². The van der Waals surface area contributed by atoms with Gasteiger partial charge < -0.3 is 28.8 Å². The lowest BCUT2D eigenvalue weighted by molar-refractivity contribution is -0.142. The summed E-state index contributed by atoms with van der Waals surface area (Å²) in [5.41, 5.74) is 2.62. The number of hydrogen-bond donors (Lipinski definition) is 1. The number of carboxylic acids is 1. The molecule has 0 saturated carbocycles. The van der Waals surface area contributed by atoms with Crippen LogP contribution in [0.2, 0.25) is 0 Å². The van der Waals surface area contributed by atoms with Gasteiger partial charge in [0.15, 0.2) is 0 Å². The van der Waals surface area contributed by atoms with Crippen LogP contribution in [-0.2, 0) is 30.2 Å². The molecule has 11 heteroatoms. The molecule has 2 aromatic rings. The number of alkyl halides is 1. The molecule has 1 N–H and O–H groups in total. The Hall–Kier alpha value is -2.96. The summed E-state index contributed by atoms with van der Waals surface area (Å²) in [5.74, 6) is -2.43. The second kappa shape index (κ2) is 15.9. The van der Waals surface area contributed by atoms with E-state index in [-0.39, 0.29) is 56.9 Å². The van der Waals surface area contributed by atoms with Crippen molar-refractivity contribution in [1.82, 2.24) is 4.90 Å². The Kier molecular flexibility index (Phi) is 12.2. The van der Waals surface area contributed by atoms with Gasteiger partial charge in [-0.2, -0.15) is 0 Å². The first-order valence-corrected chi connectivity index (χ1v) is 14.9. The zero-order chi connectivity index (χ0) is 31.7. The van der Waals surface area contributed by atoms with E-state index in [9.17, 15) is 9.18 Å². The van der Waals surface area contributed by atoms with Crippen LogP contribution in [0.4, 0.5) is 13.2 Å². The molecule has 2 aromatic carbocycles. The average Bonchev–Trinajstić information content (AvgIpc) is 3.31. The second-order valence-corrected chi connectivity index (χ2v) is 11.6. The Labute approximate surface area is 256 Å². The Morgan fingerprint density at radius 1 is 0.932 bits per heavy atom. The van der Waals surface area contributed by atoms with E-state index in [0.717, 1.165) is 22.3 Å². The van der Waals surface area contributed by atoms with Crippen molar-refractivity contribution >= 4 is 11.5 Å². The summed E-state index contributed by atoms with van der Waals surface area (Å²) in [6, 6.07) is 9.55. The summed E-state index contributed by atoms with van der Waals surface area (Å²) in [7, 11) is 0. The molecule has 0 radical (unpaired) electrons. The van der Waals surface area contributed by atoms with Crippen LogP contribution in [0.25, 0.3) is 5.57 Å². The minimum absolute atomic E-state index is 0.0424. The molecule has 0 aromatic heterocycles. The third-order valence-electron chi connectivity index (χ3n) is 7.56. The highest BCUT2D eigenvalue weighted by Crippen LogP contribution is 2.50. The molecule has 4 rings (SSSR count). The summed E-state index contributed by atoms with van der Waals surface area (Å²) in [5, 5.41) is 8.47. The van der Waals surface area contributed by atoms with E-state index >= 15 is 8.78 Å². The number of nitrogens with zero attached hydrogens (tertiary/aromatic N) is 1. The Balaban J connectivity index is 1.29. The van der Waals surface area contributed by atoms with Gasteiger partial charge in [-0.1, -0.05) is 24.3 Å². The molecule has 2 aliphatic rings. The van der Waals surface area contributed by atoms with Gasteiger partial charge in [-0.3, -0.25) is 4.90 Å². The van der Waals surface area contributed by atoms with Crippen LogP contribution in [0, 0.1) is 11.6 Å². The molecule has 1 heterocycles. The fourth-order valence-corrected chi connectivity index (χ4v) is 5.79. The van der Waals surface area contributed by atoms with Gasteiger partial charge in [0.1, 0.15) is 36.3 Å². The van der Waals surface area contributed by atoms with Crippen molar-refractivity contribution in [3.05, 3.63) is 70.3 Å². The quantitative estimate of drug-likeness (QED) is 0.222. The van der Waals surface area contributed by atoms with Gasteiger partial charge in [0.25, 0.3) is 0 Å². The van der Waals surface area contributed by atoms with Gasteiger partial charge in [0, 0.05) is 30.3 Å². The number of carbonyl (C=O) groups is 1. The Bertz CT molecular complexity index is 1270. The maximum atomic E-state index is 15.8. The van der Waals surface area contributed by atoms with Crippen LogP contribution >= 0.6 is 0 Å². The number of benzene rings is 2. The molecule has 0 bridgehead atoms. The van der Waals surface area contributed by atoms with E-state index in [2.05, 4.69) is 0 Å². The molecule has 1 aliphatic carbocycles. The Morgan fingerprint density at radius 2 is 1.50 bits per heavy atom. The lowest BCUT2D eigenvalue weighted by Gasteiger charge is -2.44. The van der Waals surface area contributed by atoms with Gasteiger partial charge >= 0.3 is 5.97 Å². The first-order valence-electron chi connectivity index (χ1n) is 14.9. The van der Waals surface area contributed by atoms with Gasteiger partial charge in [-0.05, 0) is 55.9 Å². The van der Waals surface area contributed by atoms with E-state index in [0.29, 0.717) is 39.3 Å². The normalized spacial score (nSPS) is 18.4. The van der Waals surface area contributed by atoms with Crippen LogP contribution in [0.1, 0.15) is 49.9 Å². The zero-order valence-corrected chi connectivity index (χ0v) is 25.6. The van der Waals surface area contributed by atoms with E-state index in [4.69, 9.17) is 28.8 Å². The van der Waals surface area contributed by atoms with Crippen LogP contribution in [-0.4, -0.2) is 93.7 Å². The summed E-state index contributed by atoms with van der Waals surface area (Å²) in [6.07, 6.45) is 1.26. The highest BCUT2D eigenvalue weighted by atomic mass is 19.1. The lowest BCUT2D eigenvalue weighted by atomic mass is 9.84. The topological polar surface area (TPSA) is 86.7 Å². The molecule has 0 fully saturated rings. The third kappa shape index (κ3) is 9.28. The maximum Gasteiger partial charge on any atom is 0.329 e. The first-order chi connectivity index (χ1) is 21.0. The van der Waals surface area contributed by atoms with Crippen molar-refractivity contribution in [2.45, 2.75) is 51.4 Å². The van der Waals surface area contributed by atoms with E-state index in [1.807, 2.05) is 36.1 Å². The molecule has 0 unspecified atom stereocenters. The second-order valence-electron chi connectivity index (χ2n) is 11.6. The minimum atomic E-state index is -1.55. The molecule has 44 heavy (non-hydrogen) atoms. The van der Waals surface area contributed by atoms with Crippen molar-refractivity contribution in [3.63, 3.8) is 0 Å². The number of aliphatic carboxylic acids is 1. The number of halogens is 3. The third-order valence-corrected chi connectivity index (χ3v) is 7.56. The molecule has 0 spiro atoms. The zero-order valence-electron chi connectivity index (χ0n) is 25.6. The standard InChI is InChI=1S/C33H42F3NO7/c1-22-16-26-25-7-5-4-6-23(25)17-27(26)32(37(22)21-33(2,3)36)31-28(34)18-24(19-29(31)35)44-15-14-42-11-10-40-8-9-41-12-13-43-20-30(38)39/h4-7,18-19,22,32H,8-17,20-21H2,1-3H3,(H,38,39)/t22-,32+/m1/s1. The monoisotopic (exact) mass is 621 g/mol. The summed E-state index contributed by atoms with van der Waals surface area (Å²) < 4.78 is 73.0. The molecule has 0 saturated heterocycles. The van der Waals surface area contributed by atoms with E-state index in [1.54, 1.807) is 0 Å². The molecule has 2 atom stereocenters. The molecule has 0 amide bonds. The van der Waals surface area contributed by atoms with Crippen molar-refractivity contribution < 1.29 is 46.8 Å². The minimum Gasteiger partial charge on any atom is -0.491 e. The first kappa shape index (κ1) is 33.9. The van der Waals surface area contributed by atoms with Gasteiger partial charge in [0.2, 0.25) is 0 Å². The predicted molar refractivity (Wildman–Crippen MR) is 159 cm³/mol. The van der Waals surface area contributed by atoms with Crippen molar-refractivity contribution in [3.8, 4) is 5.75 Å². The SMILES string of the molecule is C[C@@H]1CC2=C(Cc3ccccc32)[C@@H](c2c(F)cc(OCCOCCOCCOCCOCC(=O)O)cc2F)N1CC(C)(C)F. The number of fused-ring (bicyclic) bond motifs is 2. The summed E-state index contributed by atoms with van der Waals surface area (Å²) >= 11 is 0. The molecular formula is C33H42F3NO7. The molecule has 8 nitrogen and oxygen atoms in total. The molecular weight excluding hydrogens is 579 g/mol. The van der Waals surface area contributed by atoms with Gasteiger partial charge in [0.05, 0.1) is 52.3 Å². The fraction of sp³-hybridized carbons (Fsp3) is 0.545. The largest absolute Gasteiger partial charge is 0.491 e. The smallest absolute Gasteiger partial charge is 0.329 e. The van der Waals surface area contributed by atoms with Crippen molar-refractivity contribution in [1.29, 1.82) is 0 Å². The van der Waals surface area contributed by atoms with E-state index in [1.165, 1.54) is 26.0 Å². The fourth-order valence-electron chi connectivity index (χ4n) is 5.79. The van der Waals surface area contributed by atoms with Crippen molar-refractivity contribution in [2.75, 3.05) is 66.0 Å². The Morgan fingerprint density at radius 3 is 2.09 bits per heavy atom. The van der Waals surface area contributed by atoms with Gasteiger partial charge in [-0.25, -0.2) is 18.0 Å².